The summed E-state index contributed by atoms with van der Waals surface area (Å²) in [5.74, 6) is -0.439. The molecule has 0 aliphatic carbocycles. The van der Waals surface area contributed by atoms with Crippen LogP contribution in [0.3, 0.4) is 0 Å². The minimum atomic E-state index is -0.803. The van der Waals surface area contributed by atoms with Gasteiger partial charge in [0, 0.05) is 51.0 Å². The molecule has 0 aromatic heterocycles. The molecule has 2 aliphatic rings. The van der Waals surface area contributed by atoms with Crippen molar-refractivity contribution >= 4 is 17.9 Å². The Labute approximate surface area is 233 Å². The highest BCUT2D eigenvalue weighted by molar-refractivity contribution is 5.96. The van der Waals surface area contributed by atoms with E-state index in [9.17, 15) is 18.8 Å². The van der Waals surface area contributed by atoms with Crippen LogP contribution in [0.5, 0.6) is 11.5 Å². The SMILES string of the molecule is CCOC(=O)C1=C(CN2CCN(C(=O)c3ccccc3F)[C@H](C)C2)N(C)C(=O)N[C@@H]1c1cc(OC)cc(OC)c1. The number of methoxy groups -OCH3 is 2. The molecule has 2 aliphatic heterocycles. The van der Waals surface area contributed by atoms with Crippen LogP contribution in [0.2, 0.25) is 0 Å². The number of hydrogen-bond acceptors (Lipinski definition) is 7. The summed E-state index contributed by atoms with van der Waals surface area (Å²) in [5.41, 5.74) is 1.44. The minimum absolute atomic E-state index is 0.0374. The van der Waals surface area contributed by atoms with Crippen molar-refractivity contribution in [3.63, 3.8) is 0 Å². The first kappa shape index (κ1) is 28.9. The Morgan fingerprint density at radius 2 is 1.75 bits per heavy atom. The number of halogens is 1. The number of ether oxygens (including phenoxy) is 3. The van der Waals surface area contributed by atoms with E-state index in [0.717, 1.165) is 0 Å². The van der Waals surface area contributed by atoms with Crippen molar-refractivity contribution in [1.82, 2.24) is 20.0 Å². The average Bonchev–Trinajstić information content (AvgIpc) is 2.95. The molecule has 4 rings (SSSR count). The lowest BCUT2D eigenvalue weighted by Gasteiger charge is -2.42. The molecule has 2 aromatic carbocycles. The number of benzene rings is 2. The number of amides is 3. The summed E-state index contributed by atoms with van der Waals surface area (Å²) in [6, 6.07) is 9.72. The first-order valence-corrected chi connectivity index (χ1v) is 13.1. The first-order valence-electron chi connectivity index (χ1n) is 13.1. The van der Waals surface area contributed by atoms with Gasteiger partial charge in [0.15, 0.2) is 0 Å². The highest BCUT2D eigenvalue weighted by Gasteiger charge is 2.39. The zero-order valence-electron chi connectivity index (χ0n) is 23.4. The highest BCUT2D eigenvalue weighted by atomic mass is 19.1. The summed E-state index contributed by atoms with van der Waals surface area (Å²) in [4.78, 5) is 44.7. The summed E-state index contributed by atoms with van der Waals surface area (Å²) >= 11 is 0. The van der Waals surface area contributed by atoms with Crippen LogP contribution >= 0.6 is 0 Å². The molecular formula is C29H35FN4O6. The van der Waals surface area contributed by atoms with Gasteiger partial charge in [0.1, 0.15) is 17.3 Å². The lowest BCUT2D eigenvalue weighted by Crippen LogP contribution is -2.56. The number of hydrogen-bond donors (Lipinski definition) is 1. The van der Waals surface area contributed by atoms with Gasteiger partial charge in [0.05, 0.1) is 38.0 Å². The Morgan fingerprint density at radius 3 is 2.35 bits per heavy atom. The topological polar surface area (TPSA) is 101 Å². The number of nitrogens with zero attached hydrogens (tertiary/aromatic N) is 3. The van der Waals surface area contributed by atoms with Gasteiger partial charge >= 0.3 is 12.0 Å². The van der Waals surface area contributed by atoms with Crippen LogP contribution in [0.25, 0.3) is 0 Å². The third kappa shape index (κ3) is 5.89. The predicted molar refractivity (Wildman–Crippen MR) is 146 cm³/mol. The fourth-order valence-corrected chi connectivity index (χ4v) is 5.12. The Balaban J connectivity index is 1.65. The number of esters is 1. The molecule has 2 atom stereocenters. The van der Waals surface area contributed by atoms with Crippen molar-refractivity contribution in [1.29, 1.82) is 0 Å². The van der Waals surface area contributed by atoms with Crippen LogP contribution in [-0.4, -0.2) is 92.7 Å². The molecule has 11 heteroatoms. The number of urea groups is 1. The summed E-state index contributed by atoms with van der Waals surface area (Å²) < 4.78 is 30.5. The Morgan fingerprint density at radius 1 is 1.07 bits per heavy atom. The second-order valence-electron chi connectivity index (χ2n) is 9.73. The lowest BCUT2D eigenvalue weighted by molar-refractivity contribution is -0.139. The lowest BCUT2D eigenvalue weighted by atomic mass is 9.93. The van der Waals surface area contributed by atoms with Gasteiger partial charge in [-0.3, -0.25) is 14.6 Å². The van der Waals surface area contributed by atoms with Crippen molar-refractivity contribution < 1.29 is 33.0 Å². The largest absolute Gasteiger partial charge is 0.497 e. The molecule has 40 heavy (non-hydrogen) atoms. The Bertz CT molecular complexity index is 1290. The summed E-state index contributed by atoms with van der Waals surface area (Å²) in [6.07, 6.45) is 0. The number of nitrogens with one attached hydrogen (secondary N) is 1. The molecule has 1 N–H and O–H groups in total. The van der Waals surface area contributed by atoms with Gasteiger partial charge < -0.3 is 24.4 Å². The van der Waals surface area contributed by atoms with Gasteiger partial charge in [-0.05, 0) is 43.7 Å². The van der Waals surface area contributed by atoms with Gasteiger partial charge in [0.25, 0.3) is 5.91 Å². The van der Waals surface area contributed by atoms with E-state index in [2.05, 4.69) is 10.2 Å². The molecular weight excluding hydrogens is 519 g/mol. The maximum atomic E-state index is 14.3. The molecule has 10 nitrogen and oxygen atoms in total. The average molecular weight is 555 g/mol. The van der Waals surface area contributed by atoms with Crippen LogP contribution in [0.4, 0.5) is 9.18 Å². The number of carbonyl (C=O) groups is 3. The molecule has 0 bridgehead atoms. The highest BCUT2D eigenvalue weighted by Crippen LogP contribution is 2.35. The van der Waals surface area contributed by atoms with E-state index in [1.165, 1.54) is 31.3 Å². The van der Waals surface area contributed by atoms with Crippen molar-refractivity contribution in [3.05, 3.63) is 70.7 Å². The zero-order valence-corrected chi connectivity index (χ0v) is 23.4. The van der Waals surface area contributed by atoms with Crippen LogP contribution in [0.1, 0.15) is 35.8 Å². The molecule has 0 spiro atoms. The van der Waals surface area contributed by atoms with Crippen molar-refractivity contribution in [2.45, 2.75) is 25.9 Å². The molecule has 0 unspecified atom stereocenters. The molecule has 1 saturated heterocycles. The molecule has 214 valence electrons. The van der Waals surface area contributed by atoms with E-state index >= 15 is 0 Å². The molecule has 3 amide bonds. The predicted octanol–water partition coefficient (Wildman–Crippen LogP) is 3.20. The second-order valence-corrected chi connectivity index (χ2v) is 9.73. The zero-order chi connectivity index (χ0) is 29.0. The summed E-state index contributed by atoms with van der Waals surface area (Å²) in [5, 5.41) is 2.91. The van der Waals surface area contributed by atoms with E-state index in [0.29, 0.717) is 48.0 Å². The van der Waals surface area contributed by atoms with Crippen molar-refractivity contribution in [2.24, 2.45) is 0 Å². The number of rotatable bonds is 8. The molecule has 1 fully saturated rings. The monoisotopic (exact) mass is 554 g/mol. The normalized spacial score (nSPS) is 19.8. The van der Waals surface area contributed by atoms with E-state index in [4.69, 9.17) is 14.2 Å². The van der Waals surface area contributed by atoms with Crippen molar-refractivity contribution in [2.75, 3.05) is 54.1 Å². The second kappa shape index (κ2) is 12.4. The van der Waals surface area contributed by atoms with Crippen LogP contribution in [0, 0.1) is 5.82 Å². The number of likely N-dealkylation sites (N-methyl/N-ethyl adjacent to an activating group) is 1. The fourth-order valence-electron chi connectivity index (χ4n) is 5.12. The van der Waals surface area contributed by atoms with Crippen LogP contribution in [-0.2, 0) is 9.53 Å². The van der Waals surface area contributed by atoms with Gasteiger partial charge in [-0.2, -0.15) is 0 Å². The van der Waals surface area contributed by atoms with E-state index in [1.807, 2.05) is 6.92 Å². The minimum Gasteiger partial charge on any atom is -0.497 e. The quantitative estimate of drug-likeness (QED) is 0.500. The standard InChI is InChI=1S/C29H35FN4O6/c1-6-40-28(36)25-24(32(3)29(37)31-26(25)19-13-20(38-4)15-21(14-19)39-5)17-33-11-12-34(18(2)16-33)27(35)22-9-7-8-10-23(22)30/h7-10,13-15,18,26H,6,11-12,16-17H2,1-5H3,(H,31,37)/t18-,26-/m1/s1. The van der Waals surface area contributed by atoms with E-state index in [-0.39, 0.29) is 36.7 Å². The van der Waals surface area contributed by atoms with E-state index in [1.54, 1.807) is 49.2 Å². The molecule has 0 radical (unpaired) electrons. The van der Waals surface area contributed by atoms with Gasteiger partial charge in [-0.1, -0.05) is 12.1 Å². The Kier molecular flexibility index (Phi) is 8.93. The smallest absolute Gasteiger partial charge is 0.338 e. The molecule has 0 saturated carbocycles. The number of carbonyl (C=O) groups excluding carboxylic acids is 3. The maximum Gasteiger partial charge on any atom is 0.338 e. The van der Waals surface area contributed by atoms with Gasteiger partial charge in [-0.15, -0.1) is 0 Å². The fraction of sp³-hybridized carbons (Fsp3) is 0.414. The van der Waals surface area contributed by atoms with Crippen LogP contribution in [0.15, 0.2) is 53.7 Å². The summed E-state index contributed by atoms with van der Waals surface area (Å²) in [7, 11) is 4.65. The summed E-state index contributed by atoms with van der Waals surface area (Å²) in [6.45, 7) is 5.35. The third-order valence-corrected chi connectivity index (χ3v) is 7.23. The number of piperazine rings is 1. The molecule has 2 aromatic rings. The van der Waals surface area contributed by atoms with Crippen molar-refractivity contribution in [3.8, 4) is 11.5 Å². The van der Waals surface area contributed by atoms with Crippen LogP contribution < -0.4 is 14.8 Å². The maximum absolute atomic E-state index is 14.3. The van der Waals surface area contributed by atoms with E-state index < -0.39 is 17.8 Å². The van der Waals surface area contributed by atoms with Gasteiger partial charge in [-0.25, -0.2) is 14.0 Å². The first-order chi connectivity index (χ1) is 19.2. The Hall–Kier alpha value is -4.12. The molecule has 2 heterocycles. The third-order valence-electron chi connectivity index (χ3n) is 7.23. The van der Waals surface area contributed by atoms with Gasteiger partial charge in [0.2, 0.25) is 0 Å².